The van der Waals surface area contributed by atoms with Crippen molar-refractivity contribution in [3.63, 3.8) is 0 Å². The standard InChI is InChI=1S/C21H28N4O/c1-4-9-23-21(26)19-15-18(8-10-22-19)24-11-13-25(14-12-24)20-7-5-6-16(2)17(20)3/h5-8,10,15H,4,9,11-14H2,1-3H3,(H,23,26). The minimum atomic E-state index is -0.0947. The first-order valence-electron chi connectivity index (χ1n) is 9.40. The van der Waals surface area contributed by atoms with E-state index in [4.69, 9.17) is 0 Å². The first kappa shape index (κ1) is 18.2. The van der Waals surface area contributed by atoms with Crippen LogP contribution in [0.1, 0.15) is 35.0 Å². The number of aromatic nitrogens is 1. The number of carbonyl (C=O) groups excluding carboxylic acids is 1. The molecule has 5 heteroatoms. The lowest BCUT2D eigenvalue weighted by Crippen LogP contribution is -2.46. The summed E-state index contributed by atoms with van der Waals surface area (Å²) in [4.78, 5) is 21.2. The number of nitrogens with one attached hydrogen (secondary N) is 1. The van der Waals surface area contributed by atoms with Crippen LogP contribution in [0.5, 0.6) is 0 Å². The predicted molar refractivity (Wildman–Crippen MR) is 107 cm³/mol. The molecule has 2 heterocycles. The summed E-state index contributed by atoms with van der Waals surface area (Å²) < 4.78 is 0. The molecule has 1 aliphatic rings. The summed E-state index contributed by atoms with van der Waals surface area (Å²) >= 11 is 0. The topological polar surface area (TPSA) is 48.5 Å². The highest BCUT2D eigenvalue weighted by atomic mass is 16.1. The second-order valence-electron chi connectivity index (χ2n) is 6.85. The van der Waals surface area contributed by atoms with Crippen molar-refractivity contribution in [1.29, 1.82) is 0 Å². The van der Waals surface area contributed by atoms with Crippen molar-refractivity contribution in [2.75, 3.05) is 42.5 Å². The third-order valence-corrected chi connectivity index (χ3v) is 5.07. The monoisotopic (exact) mass is 352 g/mol. The lowest BCUT2D eigenvalue weighted by Gasteiger charge is -2.38. The maximum Gasteiger partial charge on any atom is 0.269 e. The number of nitrogens with zero attached hydrogens (tertiary/aromatic N) is 3. The van der Waals surface area contributed by atoms with Gasteiger partial charge in [0.15, 0.2) is 0 Å². The number of hydrogen-bond acceptors (Lipinski definition) is 4. The van der Waals surface area contributed by atoms with E-state index in [-0.39, 0.29) is 5.91 Å². The van der Waals surface area contributed by atoms with Crippen LogP contribution in [0.15, 0.2) is 36.5 Å². The van der Waals surface area contributed by atoms with E-state index in [1.807, 2.05) is 19.1 Å². The summed E-state index contributed by atoms with van der Waals surface area (Å²) in [6.07, 6.45) is 2.65. The Balaban J connectivity index is 1.66. The van der Waals surface area contributed by atoms with Gasteiger partial charge in [0, 0.05) is 50.3 Å². The molecule has 0 spiro atoms. The quantitative estimate of drug-likeness (QED) is 0.898. The van der Waals surface area contributed by atoms with Gasteiger partial charge in [0.25, 0.3) is 5.91 Å². The van der Waals surface area contributed by atoms with Crippen LogP contribution in [0, 0.1) is 13.8 Å². The van der Waals surface area contributed by atoms with Gasteiger partial charge in [0.1, 0.15) is 5.69 Å². The van der Waals surface area contributed by atoms with Crippen molar-refractivity contribution >= 4 is 17.3 Å². The third kappa shape index (κ3) is 3.98. The van der Waals surface area contributed by atoms with E-state index in [2.05, 4.69) is 52.1 Å². The van der Waals surface area contributed by atoms with Crippen LogP contribution >= 0.6 is 0 Å². The van der Waals surface area contributed by atoms with E-state index in [1.165, 1.54) is 16.8 Å². The normalized spacial score (nSPS) is 14.4. The largest absolute Gasteiger partial charge is 0.368 e. The molecule has 1 amide bonds. The zero-order chi connectivity index (χ0) is 18.5. The molecule has 0 atom stereocenters. The SMILES string of the molecule is CCCNC(=O)c1cc(N2CCN(c3cccc(C)c3C)CC2)ccn1. The van der Waals surface area contributed by atoms with Gasteiger partial charge in [-0.1, -0.05) is 19.1 Å². The van der Waals surface area contributed by atoms with Gasteiger partial charge < -0.3 is 15.1 Å². The molecule has 1 saturated heterocycles. The minimum Gasteiger partial charge on any atom is -0.368 e. The van der Waals surface area contributed by atoms with Crippen LogP contribution in [0.3, 0.4) is 0 Å². The molecular weight excluding hydrogens is 324 g/mol. The highest BCUT2D eigenvalue weighted by Gasteiger charge is 2.20. The van der Waals surface area contributed by atoms with Gasteiger partial charge in [-0.2, -0.15) is 0 Å². The van der Waals surface area contributed by atoms with Crippen LogP contribution in [0.2, 0.25) is 0 Å². The predicted octanol–water partition coefficient (Wildman–Crippen LogP) is 3.16. The number of anilines is 2. The fraction of sp³-hybridized carbons (Fsp3) is 0.429. The molecule has 0 aliphatic carbocycles. The van der Waals surface area contributed by atoms with Crippen molar-refractivity contribution in [3.8, 4) is 0 Å². The molecule has 26 heavy (non-hydrogen) atoms. The van der Waals surface area contributed by atoms with E-state index >= 15 is 0 Å². The van der Waals surface area contributed by atoms with E-state index in [0.717, 1.165) is 38.3 Å². The van der Waals surface area contributed by atoms with Gasteiger partial charge in [-0.3, -0.25) is 9.78 Å². The molecule has 1 aromatic carbocycles. The molecule has 1 aromatic heterocycles. The molecule has 0 unspecified atom stereocenters. The average molecular weight is 352 g/mol. The van der Waals surface area contributed by atoms with Crippen molar-refractivity contribution in [2.45, 2.75) is 27.2 Å². The van der Waals surface area contributed by atoms with Crippen LogP contribution in [-0.2, 0) is 0 Å². The van der Waals surface area contributed by atoms with Crippen molar-refractivity contribution in [1.82, 2.24) is 10.3 Å². The van der Waals surface area contributed by atoms with Gasteiger partial charge in [-0.25, -0.2) is 0 Å². The van der Waals surface area contributed by atoms with E-state index in [0.29, 0.717) is 12.2 Å². The summed E-state index contributed by atoms with van der Waals surface area (Å²) in [5.74, 6) is -0.0947. The number of rotatable bonds is 5. The lowest BCUT2D eigenvalue weighted by atomic mass is 10.1. The Kier molecular flexibility index (Phi) is 5.76. The molecule has 1 N–H and O–H groups in total. The number of hydrogen-bond donors (Lipinski definition) is 1. The van der Waals surface area contributed by atoms with Crippen LogP contribution < -0.4 is 15.1 Å². The molecule has 1 fully saturated rings. The summed E-state index contributed by atoms with van der Waals surface area (Å²) in [7, 11) is 0. The van der Waals surface area contributed by atoms with Crippen LogP contribution in [0.25, 0.3) is 0 Å². The highest BCUT2D eigenvalue weighted by molar-refractivity contribution is 5.93. The molecular formula is C21H28N4O. The molecule has 5 nitrogen and oxygen atoms in total. The maximum atomic E-state index is 12.1. The van der Waals surface area contributed by atoms with Gasteiger partial charge in [-0.15, -0.1) is 0 Å². The van der Waals surface area contributed by atoms with Crippen LogP contribution in [0.4, 0.5) is 11.4 Å². The van der Waals surface area contributed by atoms with Gasteiger partial charge in [0.2, 0.25) is 0 Å². The summed E-state index contributed by atoms with van der Waals surface area (Å²) in [6, 6.07) is 10.4. The van der Waals surface area contributed by atoms with Gasteiger partial charge in [0.05, 0.1) is 0 Å². The Labute approximate surface area is 156 Å². The molecule has 138 valence electrons. The highest BCUT2D eigenvalue weighted by Crippen LogP contribution is 2.25. The zero-order valence-corrected chi connectivity index (χ0v) is 16.0. The Morgan fingerprint density at radius 3 is 2.58 bits per heavy atom. The number of piperazine rings is 1. The average Bonchev–Trinajstić information content (AvgIpc) is 2.68. The Hall–Kier alpha value is -2.56. The fourth-order valence-corrected chi connectivity index (χ4v) is 3.35. The van der Waals surface area contributed by atoms with Crippen molar-refractivity contribution < 1.29 is 4.79 Å². The molecule has 0 radical (unpaired) electrons. The third-order valence-electron chi connectivity index (χ3n) is 5.07. The fourth-order valence-electron chi connectivity index (χ4n) is 3.35. The summed E-state index contributed by atoms with van der Waals surface area (Å²) in [5.41, 5.74) is 5.59. The molecule has 3 rings (SSSR count). The van der Waals surface area contributed by atoms with Crippen molar-refractivity contribution in [3.05, 3.63) is 53.3 Å². The van der Waals surface area contributed by atoms with Crippen LogP contribution in [-0.4, -0.2) is 43.6 Å². The first-order valence-corrected chi connectivity index (χ1v) is 9.40. The molecule has 2 aromatic rings. The Morgan fingerprint density at radius 1 is 1.12 bits per heavy atom. The number of aryl methyl sites for hydroxylation is 1. The van der Waals surface area contributed by atoms with Crippen molar-refractivity contribution in [2.24, 2.45) is 0 Å². The minimum absolute atomic E-state index is 0.0947. The van der Waals surface area contributed by atoms with Gasteiger partial charge in [-0.05, 0) is 49.6 Å². The van der Waals surface area contributed by atoms with E-state index in [1.54, 1.807) is 6.20 Å². The summed E-state index contributed by atoms with van der Waals surface area (Å²) in [6.45, 7) is 10.9. The smallest absolute Gasteiger partial charge is 0.269 e. The maximum absolute atomic E-state index is 12.1. The lowest BCUT2D eigenvalue weighted by molar-refractivity contribution is 0.0948. The zero-order valence-electron chi connectivity index (χ0n) is 16.0. The molecule has 0 bridgehead atoms. The van der Waals surface area contributed by atoms with E-state index in [9.17, 15) is 4.79 Å². The van der Waals surface area contributed by atoms with E-state index < -0.39 is 0 Å². The number of pyridine rings is 1. The Bertz CT molecular complexity index is 766. The molecule has 1 aliphatic heterocycles. The second-order valence-corrected chi connectivity index (χ2v) is 6.85. The number of carbonyl (C=O) groups is 1. The number of amides is 1. The Morgan fingerprint density at radius 2 is 1.85 bits per heavy atom. The molecule has 0 saturated carbocycles. The second kappa shape index (κ2) is 8.21. The summed E-state index contributed by atoms with van der Waals surface area (Å²) in [5, 5.41) is 2.89. The first-order chi connectivity index (χ1) is 12.6. The number of benzene rings is 1. The van der Waals surface area contributed by atoms with Gasteiger partial charge >= 0.3 is 0 Å².